The van der Waals surface area contributed by atoms with Gasteiger partial charge in [-0.25, -0.2) is 9.59 Å². The van der Waals surface area contributed by atoms with Crippen molar-refractivity contribution in [2.75, 3.05) is 20.2 Å². The quantitative estimate of drug-likeness (QED) is 0.309. The molecule has 0 unspecified atom stereocenters. The Bertz CT molecular complexity index is 744. The van der Waals surface area contributed by atoms with Gasteiger partial charge in [-0.3, -0.25) is 0 Å². The zero-order chi connectivity index (χ0) is 24.0. The molecule has 0 fully saturated rings. The van der Waals surface area contributed by atoms with E-state index in [0.29, 0.717) is 24.4 Å². The van der Waals surface area contributed by atoms with E-state index >= 15 is 0 Å². The molecule has 1 rings (SSSR count). The molecule has 8 nitrogen and oxygen atoms in total. The van der Waals surface area contributed by atoms with Gasteiger partial charge in [0.05, 0.1) is 19.7 Å². The largest absolute Gasteiger partial charge is 0.500 e. The van der Waals surface area contributed by atoms with E-state index in [1.807, 2.05) is 51.1 Å². The summed E-state index contributed by atoms with van der Waals surface area (Å²) in [5.74, 6) is 0.478. The van der Waals surface area contributed by atoms with Gasteiger partial charge in [0.2, 0.25) is 0 Å². The van der Waals surface area contributed by atoms with Gasteiger partial charge in [0, 0.05) is 12.2 Å². The van der Waals surface area contributed by atoms with E-state index in [1.54, 1.807) is 0 Å². The Kier molecular flexibility index (Phi) is 11.8. The van der Waals surface area contributed by atoms with Crippen molar-refractivity contribution in [3.63, 3.8) is 0 Å². The summed E-state index contributed by atoms with van der Waals surface area (Å²) < 4.78 is 15.6. The van der Waals surface area contributed by atoms with Crippen molar-refractivity contribution >= 4 is 12.2 Å². The molecule has 32 heavy (non-hydrogen) atoms. The van der Waals surface area contributed by atoms with Crippen molar-refractivity contribution in [3.05, 3.63) is 60.5 Å². The van der Waals surface area contributed by atoms with Gasteiger partial charge >= 0.3 is 12.2 Å². The number of carbonyl (C=O) groups is 2. The normalized spacial score (nSPS) is 11.6. The number of hydrogen-bond donors (Lipinski definition) is 3. The van der Waals surface area contributed by atoms with Crippen LogP contribution in [0.3, 0.4) is 0 Å². The van der Waals surface area contributed by atoms with E-state index < -0.39 is 17.8 Å². The Labute approximate surface area is 191 Å². The number of hydrogen-bond acceptors (Lipinski definition) is 6. The van der Waals surface area contributed by atoms with Crippen LogP contribution in [-0.2, 0) is 20.8 Å². The van der Waals surface area contributed by atoms with E-state index in [-0.39, 0.29) is 19.2 Å². The van der Waals surface area contributed by atoms with Crippen LogP contribution in [0.25, 0.3) is 0 Å². The van der Waals surface area contributed by atoms with Gasteiger partial charge in [0.1, 0.15) is 18.0 Å². The second-order valence-electron chi connectivity index (χ2n) is 8.31. The maximum atomic E-state index is 12.0. The summed E-state index contributed by atoms with van der Waals surface area (Å²) in [5, 5.41) is 8.63. The number of benzene rings is 1. The molecule has 0 aliphatic rings. The van der Waals surface area contributed by atoms with Gasteiger partial charge in [-0.2, -0.15) is 0 Å². The van der Waals surface area contributed by atoms with Crippen molar-refractivity contribution in [2.45, 2.75) is 58.3 Å². The summed E-state index contributed by atoms with van der Waals surface area (Å²) in [6, 6.07) is 9.14. The number of nitrogens with one attached hydrogen (secondary N) is 3. The number of alkyl carbamates (subject to hydrolysis) is 2. The monoisotopic (exact) mass is 447 g/mol. The molecular weight excluding hydrogens is 410 g/mol. The molecule has 0 radical (unpaired) electrons. The maximum absolute atomic E-state index is 12.0. The van der Waals surface area contributed by atoms with Crippen LogP contribution in [0.15, 0.2) is 54.9 Å². The molecule has 0 aromatic heterocycles. The minimum absolute atomic E-state index is 0.220. The second kappa shape index (κ2) is 14.0. The minimum Gasteiger partial charge on any atom is -0.500 e. The highest BCUT2D eigenvalue weighted by Gasteiger charge is 2.21. The predicted octanol–water partition coefficient (Wildman–Crippen LogP) is 4.24. The van der Waals surface area contributed by atoms with E-state index in [1.165, 1.54) is 7.11 Å². The molecule has 1 aromatic carbocycles. The van der Waals surface area contributed by atoms with Crippen molar-refractivity contribution in [1.29, 1.82) is 0 Å². The molecular formula is C24H37N3O5. The Balaban J connectivity index is 2.22. The number of rotatable bonds is 13. The first kappa shape index (κ1) is 26.9. The Hall–Kier alpha value is -3.16. The number of methoxy groups -OCH3 is 1. The molecule has 8 heteroatoms. The van der Waals surface area contributed by atoms with Crippen LogP contribution < -0.4 is 16.0 Å². The van der Waals surface area contributed by atoms with Gasteiger partial charge in [-0.05, 0) is 45.6 Å². The summed E-state index contributed by atoms with van der Waals surface area (Å²) in [6.45, 7) is 14.4. The highest BCUT2D eigenvalue weighted by molar-refractivity contribution is 5.68. The first-order valence-corrected chi connectivity index (χ1v) is 10.7. The lowest BCUT2D eigenvalue weighted by Gasteiger charge is -2.24. The van der Waals surface area contributed by atoms with Crippen LogP contribution in [0.1, 0.15) is 45.6 Å². The first-order valence-electron chi connectivity index (χ1n) is 10.7. The molecule has 0 saturated heterocycles. The molecule has 0 heterocycles. The van der Waals surface area contributed by atoms with Crippen molar-refractivity contribution < 1.29 is 23.8 Å². The fraction of sp³-hybridized carbons (Fsp3) is 0.500. The predicted molar refractivity (Wildman–Crippen MR) is 125 cm³/mol. The molecule has 0 aliphatic carbocycles. The lowest BCUT2D eigenvalue weighted by molar-refractivity contribution is 0.0494. The fourth-order valence-electron chi connectivity index (χ4n) is 2.66. The minimum atomic E-state index is -0.574. The average Bonchev–Trinajstić information content (AvgIpc) is 2.74. The van der Waals surface area contributed by atoms with Crippen molar-refractivity contribution in [1.82, 2.24) is 16.0 Å². The van der Waals surface area contributed by atoms with Crippen LogP contribution >= 0.6 is 0 Å². The maximum Gasteiger partial charge on any atom is 0.408 e. The van der Waals surface area contributed by atoms with E-state index in [2.05, 4.69) is 29.1 Å². The Morgan fingerprint density at radius 3 is 2.34 bits per heavy atom. The molecule has 0 saturated carbocycles. The van der Waals surface area contributed by atoms with Gasteiger partial charge < -0.3 is 30.2 Å². The zero-order valence-electron chi connectivity index (χ0n) is 19.7. The van der Waals surface area contributed by atoms with Crippen molar-refractivity contribution in [2.24, 2.45) is 0 Å². The van der Waals surface area contributed by atoms with Crippen molar-refractivity contribution in [3.8, 4) is 0 Å². The molecule has 2 amide bonds. The third-order valence-electron chi connectivity index (χ3n) is 4.30. The van der Waals surface area contributed by atoms with Crippen LogP contribution in [0, 0.1) is 0 Å². The number of amides is 2. The summed E-state index contributed by atoms with van der Waals surface area (Å²) in [7, 11) is 1.52. The molecule has 1 atom stereocenters. The zero-order valence-corrected chi connectivity index (χ0v) is 19.7. The number of carbonyl (C=O) groups excluding carboxylic acids is 2. The number of ether oxygens (including phenoxy) is 3. The lowest BCUT2D eigenvalue weighted by atomic mass is 10.1. The SMILES string of the molecule is C=C(CNC(=O)OCc1ccccc1)NCCCC[C@H](NC(=O)OC(C)(C)C)C(=C)OC. The molecule has 0 aliphatic heterocycles. The Morgan fingerprint density at radius 2 is 1.72 bits per heavy atom. The number of unbranched alkanes of at least 4 members (excludes halogenated alkanes) is 1. The summed E-state index contributed by atoms with van der Waals surface area (Å²) >= 11 is 0. The summed E-state index contributed by atoms with van der Waals surface area (Å²) in [6.07, 6.45) is 1.31. The smallest absolute Gasteiger partial charge is 0.408 e. The van der Waals surface area contributed by atoms with E-state index in [4.69, 9.17) is 14.2 Å². The molecule has 0 bridgehead atoms. The molecule has 178 valence electrons. The van der Waals surface area contributed by atoms with E-state index in [9.17, 15) is 9.59 Å². The van der Waals surface area contributed by atoms with Gasteiger partial charge in [0.25, 0.3) is 0 Å². The third-order valence-corrected chi connectivity index (χ3v) is 4.30. The van der Waals surface area contributed by atoms with Gasteiger partial charge in [0.15, 0.2) is 0 Å². The topological polar surface area (TPSA) is 97.9 Å². The molecule has 1 aromatic rings. The highest BCUT2D eigenvalue weighted by atomic mass is 16.6. The first-order chi connectivity index (χ1) is 15.1. The van der Waals surface area contributed by atoms with Crippen LogP contribution in [-0.4, -0.2) is 44.0 Å². The van der Waals surface area contributed by atoms with Gasteiger partial charge in [-0.1, -0.05) is 43.5 Å². The van der Waals surface area contributed by atoms with Crippen LogP contribution in [0.5, 0.6) is 0 Å². The van der Waals surface area contributed by atoms with Gasteiger partial charge in [-0.15, -0.1) is 0 Å². The fourth-order valence-corrected chi connectivity index (χ4v) is 2.66. The summed E-state index contributed by atoms with van der Waals surface area (Å²) in [4.78, 5) is 23.8. The average molecular weight is 448 g/mol. The highest BCUT2D eigenvalue weighted by Crippen LogP contribution is 2.12. The van der Waals surface area contributed by atoms with E-state index in [0.717, 1.165) is 18.4 Å². The summed E-state index contributed by atoms with van der Waals surface area (Å²) in [5.41, 5.74) is 1.04. The lowest BCUT2D eigenvalue weighted by Crippen LogP contribution is -2.40. The molecule has 0 spiro atoms. The third kappa shape index (κ3) is 12.5. The Morgan fingerprint density at radius 1 is 1.03 bits per heavy atom. The van der Waals surface area contributed by atoms with Crippen LogP contribution in [0.2, 0.25) is 0 Å². The standard InChI is InChI=1S/C24H37N3O5/c1-18(16-26-22(28)31-17-20-12-8-7-9-13-20)25-15-11-10-14-21(19(2)30-6)27-23(29)32-24(3,4)5/h7-9,12-13,21,25H,1-2,10-11,14-17H2,3-6H3,(H,26,28)(H,27,29)/t21-/m0/s1. The van der Waals surface area contributed by atoms with Crippen LogP contribution in [0.4, 0.5) is 9.59 Å². The molecule has 3 N–H and O–H groups in total. The second-order valence-corrected chi connectivity index (χ2v) is 8.31.